The lowest BCUT2D eigenvalue weighted by Gasteiger charge is -2.16. The van der Waals surface area contributed by atoms with Crippen LogP contribution in [0.15, 0.2) is 71.8 Å². The van der Waals surface area contributed by atoms with Crippen LogP contribution in [0.2, 0.25) is 0 Å². The van der Waals surface area contributed by atoms with Gasteiger partial charge in [0.2, 0.25) is 0 Å². The predicted octanol–water partition coefficient (Wildman–Crippen LogP) is 4.88. The Bertz CT molecular complexity index is 571. The van der Waals surface area contributed by atoms with Crippen molar-refractivity contribution in [2.75, 3.05) is 0 Å². The minimum atomic E-state index is -0.438. The van der Waals surface area contributed by atoms with Crippen molar-refractivity contribution in [2.24, 2.45) is 0 Å². The van der Waals surface area contributed by atoms with Gasteiger partial charge in [-0.15, -0.1) is 0 Å². The topological polar surface area (TPSA) is 40.5 Å². The predicted molar refractivity (Wildman–Crippen MR) is 105 cm³/mol. The van der Waals surface area contributed by atoms with Gasteiger partial charge in [0.1, 0.15) is 0 Å². The van der Waals surface area contributed by atoms with Gasteiger partial charge >= 0.3 is 0 Å². The van der Waals surface area contributed by atoms with Crippen molar-refractivity contribution in [2.45, 2.75) is 50.7 Å². The second-order valence-corrected chi connectivity index (χ2v) is 6.75. The molecule has 2 N–H and O–H groups in total. The number of hydrogen-bond acceptors (Lipinski definition) is 2. The third-order valence-electron chi connectivity index (χ3n) is 4.37. The van der Waals surface area contributed by atoms with Crippen LogP contribution < -0.4 is 0 Å². The second-order valence-electron chi connectivity index (χ2n) is 6.53. The van der Waals surface area contributed by atoms with E-state index < -0.39 is 12.2 Å². The van der Waals surface area contributed by atoms with E-state index in [0.29, 0.717) is 25.7 Å². The summed E-state index contributed by atoms with van der Waals surface area (Å²) in [7, 11) is 0. The van der Waals surface area contributed by atoms with Crippen LogP contribution in [-0.2, 0) is 12.8 Å². The van der Waals surface area contributed by atoms with Gasteiger partial charge in [-0.2, -0.15) is 0 Å². The molecule has 0 saturated heterocycles. The molecule has 0 heterocycles. The maximum atomic E-state index is 10.3. The van der Waals surface area contributed by atoms with Crippen molar-refractivity contribution < 1.29 is 10.2 Å². The Morgan fingerprint density at radius 3 is 1.52 bits per heavy atom. The zero-order valence-corrected chi connectivity index (χ0v) is 15.3. The lowest BCUT2D eigenvalue weighted by Crippen LogP contribution is -2.14. The van der Waals surface area contributed by atoms with Crippen molar-refractivity contribution in [3.63, 3.8) is 0 Å². The minimum Gasteiger partial charge on any atom is -0.393 e. The molecule has 2 nitrogen and oxygen atoms in total. The van der Waals surface area contributed by atoms with Gasteiger partial charge in [-0.3, -0.25) is 0 Å². The number of halogens is 1. The van der Waals surface area contributed by atoms with Crippen molar-refractivity contribution in [3.05, 3.63) is 82.9 Å². The average molecular weight is 359 g/mol. The van der Waals surface area contributed by atoms with Crippen molar-refractivity contribution in [3.8, 4) is 0 Å². The molecule has 0 aliphatic rings. The SMILES string of the molecule is OC(CCc1ccccc1)CC(=CCl)CC(O)CCc1ccccc1. The van der Waals surface area contributed by atoms with Gasteiger partial charge in [0.15, 0.2) is 0 Å². The summed E-state index contributed by atoms with van der Waals surface area (Å²) >= 11 is 5.91. The Morgan fingerprint density at radius 2 is 1.16 bits per heavy atom. The molecule has 25 heavy (non-hydrogen) atoms. The normalized spacial score (nSPS) is 13.2. The summed E-state index contributed by atoms with van der Waals surface area (Å²) in [6.45, 7) is 0. The summed E-state index contributed by atoms with van der Waals surface area (Å²) in [6, 6.07) is 20.3. The molecule has 0 bridgehead atoms. The Kier molecular flexibility index (Phi) is 8.75. The summed E-state index contributed by atoms with van der Waals surface area (Å²) in [4.78, 5) is 0. The van der Waals surface area contributed by atoms with Crippen molar-refractivity contribution in [1.29, 1.82) is 0 Å². The van der Waals surface area contributed by atoms with E-state index >= 15 is 0 Å². The molecule has 0 fully saturated rings. The highest BCUT2D eigenvalue weighted by Gasteiger charge is 2.13. The maximum absolute atomic E-state index is 10.3. The number of aliphatic hydroxyl groups excluding tert-OH is 2. The highest BCUT2D eigenvalue weighted by atomic mass is 35.5. The molecular formula is C22H27ClO2. The van der Waals surface area contributed by atoms with Crippen LogP contribution in [0.25, 0.3) is 0 Å². The summed E-state index contributed by atoms with van der Waals surface area (Å²) in [5, 5.41) is 20.5. The monoisotopic (exact) mass is 358 g/mol. The zero-order chi connectivity index (χ0) is 17.9. The Balaban J connectivity index is 1.71. The van der Waals surface area contributed by atoms with Crippen molar-refractivity contribution in [1.82, 2.24) is 0 Å². The van der Waals surface area contributed by atoms with Crippen LogP contribution >= 0.6 is 11.6 Å². The number of aliphatic hydroxyl groups is 2. The molecule has 0 amide bonds. The van der Waals surface area contributed by atoms with Crippen LogP contribution in [0.4, 0.5) is 0 Å². The molecule has 2 atom stereocenters. The fourth-order valence-electron chi connectivity index (χ4n) is 2.94. The quantitative estimate of drug-likeness (QED) is 0.635. The largest absolute Gasteiger partial charge is 0.393 e. The molecule has 0 spiro atoms. The molecule has 2 rings (SSSR count). The van der Waals surface area contributed by atoms with Gasteiger partial charge in [-0.25, -0.2) is 0 Å². The van der Waals surface area contributed by atoms with Gasteiger partial charge in [-0.1, -0.05) is 77.8 Å². The standard InChI is InChI=1S/C22H27ClO2/c23-17-20(15-21(24)13-11-18-7-3-1-4-8-18)16-22(25)14-12-19-9-5-2-6-10-19/h1-10,17,21-22,24-25H,11-16H2. The van der Waals surface area contributed by atoms with E-state index in [1.165, 1.54) is 16.7 Å². The van der Waals surface area contributed by atoms with E-state index in [4.69, 9.17) is 11.6 Å². The number of benzene rings is 2. The molecule has 0 saturated carbocycles. The van der Waals surface area contributed by atoms with Crippen molar-refractivity contribution >= 4 is 11.6 Å². The van der Waals surface area contributed by atoms with Gasteiger partial charge in [0.25, 0.3) is 0 Å². The minimum absolute atomic E-state index is 0.438. The third kappa shape index (κ3) is 7.87. The molecule has 2 unspecified atom stereocenters. The van der Waals surface area contributed by atoms with Crippen LogP contribution in [0.1, 0.15) is 36.8 Å². The summed E-state index contributed by atoms with van der Waals surface area (Å²) < 4.78 is 0. The molecule has 0 aliphatic heterocycles. The van der Waals surface area contributed by atoms with Gasteiger partial charge in [0.05, 0.1) is 12.2 Å². The van der Waals surface area contributed by atoms with E-state index in [1.807, 2.05) is 36.4 Å². The maximum Gasteiger partial charge on any atom is 0.0580 e. The smallest absolute Gasteiger partial charge is 0.0580 e. The fraction of sp³-hybridized carbons (Fsp3) is 0.364. The fourth-order valence-corrected chi connectivity index (χ4v) is 3.12. The van der Waals surface area contributed by atoms with Crippen LogP contribution in [0.5, 0.6) is 0 Å². The lowest BCUT2D eigenvalue weighted by atomic mass is 9.96. The van der Waals surface area contributed by atoms with Gasteiger partial charge in [0, 0.05) is 5.54 Å². The second kappa shape index (κ2) is 11.1. The molecule has 0 aromatic heterocycles. The van der Waals surface area contributed by atoms with E-state index in [0.717, 1.165) is 18.4 Å². The number of rotatable bonds is 10. The Hall–Kier alpha value is -1.61. The molecule has 3 heteroatoms. The van der Waals surface area contributed by atoms with E-state index in [-0.39, 0.29) is 0 Å². The summed E-state index contributed by atoms with van der Waals surface area (Å²) in [5.41, 5.74) is 4.86. The van der Waals surface area contributed by atoms with Gasteiger partial charge in [-0.05, 0) is 49.7 Å². The van der Waals surface area contributed by atoms with Crippen LogP contribution in [-0.4, -0.2) is 22.4 Å². The average Bonchev–Trinajstić information content (AvgIpc) is 2.66. The summed E-state index contributed by atoms with van der Waals surface area (Å²) in [6.07, 6.45) is 3.22. The Labute approximate surface area is 155 Å². The van der Waals surface area contributed by atoms with E-state index in [2.05, 4.69) is 24.3 Å². The molecule has 2 aromatic carbocycles. The molecule has 2 aromatic rings. The number of hydrogen-bond donors (Lipinski definition) is 2. The zero-order valence-electron chi connectivity index (χ0n) is 14.5. The highest BCUT2D eigenvalue weighted by molar-refractivity contribution is 6.25. The third-order valence-corrected chi connectivity index (χ3v) is 4.68. The molecule has 0 aliphatic carbocycles. The summed E-state index contributed by atoms with van der Waals surface area (Å²) in [5.74, 6) is 0. The van der Waals surface area contributed by atoms with Crippen LogP contribution in [0, 0.1) is 0 Å². The van der Waals surface area contributed by atoms with Crippen LogP contribution in [0.3, 0.4) is 0 Å². The molecular weight excluding hydrogens is 332 g/mol. The first-order chi connectivity index (χ1) is 12.2. The molecule has 134 valence electrons. The van der Waals surface area contributed by atoms with E-state index in [9.17, 15) is 10.2 Å². The lowest BCUT2D eigenvalue weighted by molar-refractivity contribution is 0.146. The first-order valence-electron chi connectivity index (χ1n) is 8.89. The number of aryl methyl sites for hydroxylation is 2. The highest BCUT2D eigenvalue weighted by Crippen LogP contribution is 2.19. The van der Waals surface area contributed by atoms with E-state index in [1.54, 1.807) is 0 Å². The first kappa shape index (κ1) is 19.7. The Morgan fingerprint density at radius 1 is 0.760 bits per heavy atom. The first-order valence-corrected chi connectivity index (χ1v) is 9.33. The van der Waals surface area contributed by atoms with Gasteiger partial charge < -0.3 is 10.2 Å². The molecule has 0 radical (unpaired) electrons.